The average Bonchev–Trinajstić information content (AvgIpc) is 2.98. The van der Waals surface area contributed by atoms with E-state index in [-0.39, 0.29) is 35.1 Å². The average molecular weight is 460 g/mol. The van der Waals surface area contributed by atoms with Crippen LogP contribution in [0, 0.1) is 23.7 Å². The van der Waals surface area contributed by atoms with Gasteiger partial charge in [-0.05, 0) is 55.4 Å². The zero-order valence-electron chi connectivity index (χ0n) is 18.4. The van der Waals surface area contributed by atoms with Crippen molar-refractivity contribution in [1.29, 1.82) is 0 Å². The van der Waals surface area contributed by atoms with Gasteiger partial charge in [-0.3, -0.25) is 19.3 Å². The van der Waals surface area contributed by atoms with Crippen LogP contribution < -0.4 is 5.32 Å². The van der Waals surface area contributed by atoms with Crippen molar-refractivity contribution in [2.45, 2.75) is 38.0 Å². The molecule has 1 aliphatic carbocycles. The molecule has 8 nitrogen and oxygen atoms in total. The third kappa shape index (κ3) is 4.36. The molecule has 3 amide bonds. The number of fused-ring (bicyclic) bond motifs is 1. The van der Waals surface area contributed by atoms with Gasteiger partial charge in [0.05, 0.1) is 16.7 Å². The van der Waals surface area contributed by atoms with Crippen LogP contribution >= 0.6 is 0 Å². The molecule has 0 spiro atoms. The fourth-order valence-electron chi connectivity index (χ4n) is 5.03. The molecule has 4 rings (SSSR count). The van der Waals surface area contributed by atoms with Crippen molar-refractivity contribution in [3.63, 3.8) is 0 Å². The van der Waals surface area contributed by atoms with Crippen LogP contribution in [0.25, 0.3) is 0 Å². The topological polar surface area (TPSA) is 104 Å². The minimum absolute atomic E-state index is 0.179. The lowest BCUT2D eigenvalue weighted by atomic mass is 9.85. The maximum absolute atomic E-state index is 13.0. The van der Waals surface area contributed by atoms with Crippen LogP contribution in [-0.2, 0) is 24.4 Å². The third-order valence-corrected chi connectivity index (χ3v) is 8.36. The molecule has 4 atom stereocenters. The van der Waals surface area contributed by atoms with Gasteiger partial charge >= 0.3 is 0 Å². The SMILES string of the molecule is CC1CC(C)CN(S(=O)(=O)c2ccc(NC(=O)CN3C(=O)C4CC=CCC4C3=O)cc2)C1. The van der Waals surface area contributed by atoms with Crippen LogP contribution in [0.1, 0.15) is 33.1 Å². The van der Waals surface area contributed by atoms with Gasteiger partial charge in [0.2, 0.25) is 27.7 Å². The number of allylic oxidation sites excluding steroid dienone is 2. The van der Waals surface area contributed by atoms with Crippen LogP contribution in [0.5, 0.6) is 0 Å². The highest BCUT2D eigenvalue weighted by Crippen LogP contribution is 2.35. The van der Waals surface area contributed by atoms with E-state index in [2.05, 4.69) is 19.2 Å². The van der Waals surface area contributed by atoms with E-state index in [0.29, 0.717) is 43.5 Å². The molecule has 4 unspecified atom stereocenters. The Morgan fingerprint density at radius 2 is 1.50 bits per heavy atom. The van der Waals surface area contributed by atoms with Crippen molar-refractivity contribution < 1.29 is 22.8 Å². The van der Waals surface area contributed by atoms with Gasteiger partial charge in [-0.2, -0.15) is 4.31 Å². The normalized spacial score (nSPS) is 28.6. The highest BCUT2D eigenvalue weighted by Gasteiger charge is 2.47. The Labute approximate surface area is 188 Å². The van der Waals surface area contributed by atoms with Gasteiger partial charge in [0.15, 0.2) is 0 Å². The Kier molecular flexibility index (Phi) is 6.22. The lowest BCUT2D eigenvalue weighted by molar-refractivity contribution is -0.142. The Morgan fingerprint density at radius 1 is 0.969 bits per heavy atom. The minimum Gasteiger partial charge on any atom is -0.325 e. The molecule has 2 heterocycles. The molecule has 2 saturated heterocycles. The Bertz CT molecular complexity index is 1010. The predicted octanol–water partition coefficient (Wildman–Crippen LogP) is 2.24. The number of carbonyl (C=O) groups excluding carboxylic acids is 3. The number of nitrogens with one attached hydrogen (secondary N) is 1. The van der Waals surface area contributed by atoms with Gasteiger partial charge in [0.1, 0.15) is 6.54 Å². The lowest BCUT2D eigenvalue weighted by Gasteiger charge is -2.34. The summed E-state index contributed by atoms with van der Waals surface area (Å²) in [5, 5.41) is 2.65. The van der Waals surface area contributed by atoms with Crippen molar-refractivity contribution in [3.8, 4) is 0 Å². The number of rotatable bonds is 5. The molecule has 0 bridgehead atoms. The maximum atomic E-state index is 13.0. The number of hydrogen-bond acceptors (Lipinski definition) is 5. The van der Waals surface area contributed by atoms with Gasteiger partial charge in [-0.1, -0.05) is 26.0 Å². The largest absolute Gasteiger partial charge is 0.325 e. The van der Waals surface area contributed by atoms with E-state index in [0.717, 1.165) is 11.3 Å². The smallest absolute Gasteiger partial charge is 0.244 e. The number of benzene rings is 1. The summed E-state index contributed by atoms with van der Waals surface area (Å²) in [5.41, 5.74) is 0.410. The number of imide groups is 1. The summed E-state index contributed by atoms with van der Waals surface area (Å²) < 4.78 is 27.5. The fourth-order valence-corrected chi connectivity index (χ4v) is 6.71. The molecule has 0 aromatic heterocycles. The predicted molar refractivity (Wildman–Crippen MR) is 119 cm³/mol. The van der Waals surface area contributed by atoms with E-state index in [1.54, 1.807) is 0 Å². The van der Waals surface area contributed by atoms with E-state index in [4.69, 9.17) is 0 Å². The van der Waals surface area contributed by atoms with Gasteiger partial charge < -0.3 is 5.32 Å². The molecule has 32 heavy (non-hydrogen) atoms. The summed E-state index contributed by atoms with van der Waals surface area (Å²) in [7, 11) is -3.60. The standard InChI is InChI=1S/C23H29N3O5S/c1-15-11-16(2)13-25(12-15)32(30,31)18-9-7-17(8-10-18)24-21(27)14-26-22(28)19-5-3-4-6-20(19)23(26)29/h3-4,7-10,15-16,19-20H,5-6,11-14H2,1-2H3,(H,24,27). The number of likely N-dealkylation sites (tertiary alicyclic amines) is 1. The van der Waals surface area contributed by atoms with E-state index in [9.17, 15) is 22.8 Å². The number of sulfonamides is 1. The molecular weight excluding hydrogens is 430 g/mol. The van der Waals surface area contributed by atoms with E-state index in [1.807, 2.05) is 12.2 Å². The Hall–Kier alpha value is -2.52. The maximum Gasteiger partial charge on any atom is 0.244 e. The van der Waals surface area contributed by atoms with E-state index >= 15 is 0 Å². The second kappa shape index (κ2) is 8.78. The summed E-state index contributed by atoms with van der Waals surface area (Å²) >= 11 is 0. The fraction of sp³-hybridized carbons (Fsp3) is 0.522. The quantitative estimate of drug-likeness (QED) is 0.537. The first-order chi connectivity index (χ1) is 15.2. The van der Waals surface area contributed by atoms with Crippen LogP contribution in [0.2, 0.25) is 0 Å². The number of carbonyl (C=O) groups is 3. The number of amides is 3. The summed E-state index contributed by atoms with van der Waals surface area (Å²) in [6.45, 7) is 4.77. The molecule has 0 saturated carbocycles. The molecule has 172 valence electrons. The van der Waals surface area contributed by atoms with Gasteiger partial charge in [0.25, 0.3) is 0 Å². The number of hydrogen-bond donors (Lipinski definition) is 1. The van der Waals surface area contributed by atoms with Crippen LogP contribution in [0.4, 0.5) is 5.69 Å². The number of nitrogens with zero attached hydrogens (tertiary/aromatic N) is 2. The zero-order chi connectivity index (χ0) is 23.0. The Morgan fingerprint density at radius 3 is 2.03 bits per heavy atom. The minimum atomic E-state index is -3.60. The second-order valence-corrected chi connectivity index (χ2v) is 11.2. The third-order valence-electron chi connectivity index (χ3n) is 6.51. The molecule has 2 fully saturated rings. The number of anilines is 1. The lowest BCUT2D eigenvalue weighted by Crippen LogP contribution is -2.42. The molecule has 3 aliphatic rings. The van der Waals surface area contributed by atoms with Gasteiger partial charge in [-0.15, -0.1) is 0 Å². The van der Waals surface area contributed by atoms with Crippen LogP contribution in [-0.4, -0.2) is 55.0 Å². The molecule has 0 radical (unpaired) electrons. The van der Waals surface area contributed by atoms with Crippen molar-refractivity contribution in [2.24, 2.45) is 23.7 Å². The molecule has 1 N–H and O–H groups in total. The summed E-state index contributed by atoms with van der Waals surface area (Å²) in [6, 6.07) is 6.00. The molecule has 9 heteroatoms. The molecule has 1 aromatic carbocycles. The van der Waals surface area contributed by atoms with Crippen molar-refractivity contribution in [2.75, 3.05) is 25.0 Å². The van der Waals surface area contributed by atoms with Crippen molar-refractivity contribution >= 4 is 33.4 Å². The van der Waals surface area contributed by atoms with Crippen molar-refractivity contribution in [3.05, 3.63) is 36.4 Å². The first kappa shape index (κ1) is 22.7. The zero-order valence-corrected chi connectivity index (χ0v) is 19.2. The van der Waals surface area contributed by atoms with E-state index < -0.39 is 15.9 Å². The van der Waals surface area contributed by atoms with Crippen LogP contribution in [0.3, 0.4) is 0 Å². The Balaban J connectivity index is 1.39. The first-order valence-electron chi connectivity index (χ1n) is 11.1. The number of piperidine rings is 1. The highest BCUT2D eigenvalue weighted by molar-refractivity contribution is 7.89. The summed E-state index contributed by atoms with van der Waals surface area (Å²) in [4.78, 5) is 38.7. The summed E-state index contributed by atoms with van der Waals surface area (Å²) in [6.07, 6.45) is 5.86. The van der Waals surface area contributed by atoms with Crippen molar-refractivity contribution in [1.82, 2.24) is 9.21 Å². The highest BCUT2D eigenvalue weighted by atomic mass is 32.2. The monoisotopic (exact) mass is 459 g/mol. The van der Waals surface area contributed by atoms with Gasteiger partial charge in [-0.25, -0.2) is 8.42 Å². The van der Waals surface area contributed by atoms with Gasteiger partial charge in [0, 0.05) is 18.8 Å². The first-order valence-corrected chi connectivity index (χ1v) is 12.5. The molecular formula is C23H29N3O5S. The summed E-state index contributed by atoms with van der Waals surface area (Å²) in [5.74, 6) is -1.22. The van der Waals surface area contributed by atoms with Crippen LogP contribution in [0.15, 0.2) is 41.3 Å². The molecule has 2 aliphatic heterocycles. The van der Waals surface area contributed by atoms with E-state index in [1.165, 1.54) is 28.6 Å². The molecule has 1 aromatic rings. The second-order valence-electron chi connectivity index (χ2n) is 9.26.